The van der Waals surface area contributed by atoms with Crippen LogP contribution in [0.2, 0.25) is 0 Å². The summed E-state index contributed by atoms with van der Waals surface area (Å²) in [5.41, 5.74) is 13.1. The molecule has 0 aliphatic rings. The first kappa shape index (κ1) is 12.4. The van der Waals surface area contributed by atoms with Gasteiger partial charge in [0.2, 0.25) is 0 Å². The number of rotatable bonds is 4. The van der Waals surface area contributed by atoms with Crippen LogP contribution < -0.4 is 16.2 Å². The third kappa shape index (κ3) is 2.93. The number of nitrogens with two attached hydrogens (primary N) is 2. The van der Waals surface area contributed by atoms with Crippen LogP contribution >= 0.6 is 12.2 Å². The first-order chi connectivity index (χ1) is 7.41. The molecule has 0 atom stereocenters. The lowest BCUT2D eigenvalue weighted by Gasteiger charge is -2.12. The molecule has 86 valence electrons. The summed E-state index contributed by atoms with van der Waals surface area (Å²) >= 11 is 4.89. The minimum Gasteiger partial charge on any atom is -0.483 e. The fraction of sp³-hybridized carbons (Fsp3) is 0.273. The molecule has 16 heavy (non-hydrogen) atoms. The molecule has 0 unspecified atom stereocenters. The molecule has 0 bridgehead atoms. The molecule has 1 aromatic rings. The molecule has 0 aliphatic heterocycles. The molecule has 1 aromatic carbocycles. The van der Waals surface area contributed by atoms with E-state index in [1.165, 1.54) is 0 Å². The Morgan fingerprint density at radius 2 is 1.81 bits per heavy atom. The Kier molecular flexibility index (Phi) is 3.84. The van der Waals surface area contributed by atoms with Crippen molar-refractivity contribution in [2.75, 3.05) is 6.61 Å². The smallest absolute Gasteiger partial charge is 0.255 e. The van der Waals surface area contributed by atoms with Gasteiger partial charge in [0.1, 0.15) is 10.7 Å². The first-order valence-electron chi connectivity index (χ1n) is 4.74. The van der Waals surface area contributed by atoms with Gasteiger partial charge in [0.25, 0.3) is 5.91 Å². The molecule has 0 saturated heterocycles. The minimum absolute atomic E-state index is 0.131. The summed E-state index contributed by atoms with van der Waals surface area (Å²) in [4.78, 5) is 11.0. The van der Waals surface area contributed by atoms with E-state index >= 15 is 0 Å². The quantitative estimate of drug-likeness (QED) is 0.761. The van der Waals surface area contributed by atoms with Crippen LogP contribution in [0.3, 0.4) is 0 Å². The molecule has 0 fully saturated rings. The topological polar surface area (TPSA) is 78.3 Å². The summed E-state index contributed by atoms with van der Waals surface area (Å²) in [6.07, 6.45) is 0. The third-order valence-corrected chi connectivity index (χ3v) is 2.34. The number of ether oxygens (including phenoxy) is 1. The molecule has 4 N–H and O–H groups in total. The van der Waals surface area contributed by atoms with Gasteiger partial charge in [-0.1, -0.05) is 12.2 Å². The van der Waals surface area contributed by atoms with Crippen LogP contribution in [0.25, 0.3) is 0 Å². The Labute approximate surface area is 99.6 Å². The Hall–Kier alpha value is -1.62. The van der Waals surface area contributed by atoms with Gasteiger partial charge >= 0.3 is 0 Å². The van der Waals surface area contributed by atoms with Crippen molar-refractivity contribution >= 4 is 23.1 Å². The number of benzene rings is 1. The Bertz CT molecular complexity index is 421. The summed E-state index contributed by atoms with van der Waals surface area (Å²) in [6.45, 7) is 3.60. The van der Waals surface area contributed by atoms with Crippen LogP contribution in [0.15, 0.2) is 12.1 Å². The number of carbonyl (C=O) groups is 1. The van der Waals surface area contributed by atoms with Crippen LogP contribution in [-0.4, -0.2) is 17.5 Å². The van der Waals surface area contributed by atoms with Crippen LogP contribution in [0.4, 0.5) is 0 Å². The van der Waals surface area contributed by atoms with Crippen molar-refractivity contribution in [1.82, 2.24) is 0 Å². The maximum absolute atomic E-state index is 10.6. The molecule has 1 amide bonds. The molecular formula is C11H14N2O2S. The van der Waals surface area contributed by atoms with Gasteiger partial charge in [-0.25, -0.2) is 0 Å². The zero-order chi connectivity index (χ0) is 12.3. The van der Waals surface area contributed by atoms with E-state index in [1.807, 2.05) is 26.0 Å². The van der Waals surface area contributed by atoms with Crippen molar-refractivity contribution in [3.63, 3.8) is 0 Å². The number of carbonyl (C=O) groups excluding carboxylic acids is 1. The van der Waals surface area contributed by atoms with Crippen molar-refractivity contribution in [2.24, 2.45) is 11.5 Å². The van der Waals surface area contributed by atoms with Crippen molar-refractivity contribution in [1.29, 1.82) is 0 Å². The number of hydrogen-bond acceptors (Lipinski definition) is 3. The van der Waals surface area contributed by atoms with E-state index in [-0.39, 0.29) is 6.61 Å². The highest BCUT2D eigenvalue weighted by Crippen LogP contribution is 2.24. The molecule has 1 rings (SSSR count). The summed E-state index contributed by atoms with van der Waals surface area (Å²) in [5, 5.41) is 0. The molecule has 0 saturated carbocycles. The minimum atomic E-state index is -0.503. The summed E-state index contributed by atoms with van der Waals surface area (Å²) in [7, 11) is 0. The monoisotopic (exact) mass is 238 g/mol. The predicted molar refractivity (Wildman–Crippen MR) is 66.5 cm³/mol. The van der Waals surface area contributed by atoms with E-state index < -0.39 is 5.91 Å². The van der Waals surface area contributed by atoms with Crippen LogP contribution in [0, 0.1) is 13.8 Å². The highest BCUT2D eigenvalue weighted by molar-refractivity contribution is 7.80. The van der Waals surface area contributed by atoms with E-state index in [0.29, 0.717) is 10.7 Å². The average Bonchev–Trinajstić information content (AvgIpc) is 2.15. The fourth-order valence-electron chi connectivity index (χ4n) is 1.46. The van der Waals surface area contributed by atoms with Gasteiger partial charge in [-0.3, -0.25) is 4.79 Å². The third-order valence-electron chi connectivity index (χ3n) is 2.10. The summed E-state index contributed by atoms with van der Waals surface area (Å²) < 4.78 is 5.31. The molecule has 0 aromatic heterocycles. The zero-order valence-corrected chi connectivity index (χ0v) is 10.1. The highest BCUT2D eigenvalue weighted by Gasteiger charge is 2.08. The fourth-order valence-corrected chi connectivity index (χ4v) is 1.58. The van der Waals surface area contributed by atoms with Gasteiger partial charge in [0.05, 0.1) is 0 Å². The summed E-state index contributed by atoms with van der Waals surface area (Å²) in [6, 6.07) is 3.65. The van der Waals surface area contributed by atoms with Crippen molar-refractivity contribution in [3.8, 4) is 5.75 Å². The lowest BCUT2D eigenvalue weighted by atomic mass is 10.1. The summed E-state index contributed by atoms with van der Waals surface area (Å²) in [5.74, 6) is 0.149. The van der Waals surface area contributed by atoms with E-state index in [1.54, 1.807) is 0 Å². The maximum Gasteiger partial charge on any atom is 0.255 e. The van der Waals surface area contributed by atoms with Crippen molar-refractivity contribution < 1.29 is 9.53 Å². The van der Waals surface area contributed by atoms with E-state index in [9.17, 15) is 4.79 Å². The number of thiocarbonyl (C=S) groups is 1. The SMILES string of the molecule is Cc1cc(C(N)=S)cc(C)c1OCC(N)=O. The van der Waals surface area contributed by atoms with Gasteiger partial charge in [-0.05, 0) is 37.1 Å². The molecule has 5 heteroatoms. The van der Waals surface area contributed by atoms with E-state index in [0.717, 1.165) is 16.7 Å². The van der Waals surface area contributed by atoms with Gasteiger partial charge in [0.15, 0.2) is 6.61 Å². The average molecular weight is 238 g/mol. The first-order valence-corrected chi connectivity index (χ1v) is 5.14. The maximum atomic E-state index is 10.6. The number of hydrogen-bond donors (Lipinski definition) is 2. The van der Waals surface area contributed by atoms with Gasteiger partial charge in [-0.2, -0.15) is 0 Å². The van der Waals surface area contributed by atoms with Crippen LogP contribution in [0.1, 0.15) is 16.7 Å². The molecule has 0 spiro atoms. The Morgan fingerprint density at radius 3 is 2.19 bits per heavy atom. The normalized spacial score (nSPS) is 9.88. The number of primary amides is 1. The van der Waals surface area contributed by atoms with Gasteiger partial charge in [0, 0.05) is 5.56 Å². The van der Waals surface area contributed by atoms with Gasteiger partial charge < -0.3 is 16.2 Å². The molecule has 4 nitrogen and oxygen atoms in total. The zero-order valence-electron chi connectivity index (χ0n) is 9.24. The second kappa shape index (κ2) is 4.94. The second-order valence-electron chi connectivity index (χ2n) is 3.56. The molecule has 0 radical (unpaired) electrons. The highest BCUT2D eigenvalue weighted by atomic mass is 32.1. The Morgan fingerprint density at radius 1 is 1.31 bits per heavy atom. The molecule has 0 heterocycles. The largest absolute Gasteiger partial charge is 0.483 e. The molecular weight excluding hydrogens is 224 g/mol. The van der Waals surface area contributed by atoms with E-state index in [2.05, 4.69) is 0 Å². The number of amides is 1. The van der Waals surface area contributed by atoms with Crippen molar-refractivity contribution in [3.05, 3.63) is 28.8 Å². The van der Waals surface area contributed by atoms with Crippen LogP contribution in [0.5, 0.6) is 5.75 Å². The lowest BCUT2D eigenvalue weighted by molar-refractivity contribution is -0.119. The standard InChI is InChI=1S/C11H14N2O2S/c1-6-3-8(11(13)16)4-7(2)10(6)15-5-9(12)14/h3-4H,5H2,1-2H3,(H2,12,14)(H2,13,16). The Balaban J connectivity index is 3.03. The van der Waals surface area contributed by atoms with E-state index in [4.69, 9.17) is 28.4 Å². The number of aryl methyl sites for hydroxylation is 2. The van der Waals surface area contributed by atoms with Gasteiger partial charge in [-0.15, -0.1) is 0 Å². The van der Waals surface area contributed by atoms with Crippen LogP contribution in [-0.2, 0) is 4.79 Å². The van der Waals surface area contributed by atoms with Crippen molar-refractivity contribution in [2.45, 2.75) is 13.8 Å². The second-order valence-corrected chi connectivity index (χ2v) is 4.00. The predicted octanol–water partition coefficient (Wildman–Crippen LogP) is 0.802. The lowest BCUT2D eigenvalue weighted by Crippen LogP contribution is -2.20. The molecule has 0 aliphatic carbocycles.